The van der Waals surface area contributed by atoms with Gasteiger partial charge in [0.05, 0.1) is 17.2 Å². The molecule has 88 valence electrons. The van der Waals surface area contributed by atoms with E-state index in [0.717, 1.165) is 13.0 Å². The number of sulfone groups is 1. The molecule has 1 spiro atoms. The summed E-state index contributed by atoms with van der Waals surface area (Å²) in [5, 5.41) is 3.19. The van der Waals surface area contributed by atoms with Gasteiger partial charge in [0, 0.05) is 5.92 Å². The van der Waals surface area contributed by atoms with Crippen LogP contribution in [0.15, 0.2) is 0 Å². The van der Waals surface area contributed by atoms with Crippen LogP contribution in [0.5, 0.6) is 0 Å². The standard InChI is InChI=1S/C10H18FNO2S/c11-8-9-2-7-15(13,14)10(9)3-1-5-12-6-4-10/h9,12H,1-8H2/t9-,10-/m0/s1. The average molecular weight is 235 g/mol. The molecular weight excluding hydrogens is 217 g/mol. The van der Waals surface area contributed by atoms with Crippen molar-refractivity contribution in [1.82, 2.24) is 5.32 Å². The van der Waals surface area contributed by atoms with Gasteiger partial charge in [-0.05, 0) is 38.8 Å². The van der Waals surface area contributed by atoms with Crippen LogP contribution in [0.25, 0.3) is 0 Å². The number of halogens is 1. The lowest BCUT2D eigenvalue weighted by Gasteiger charge is -2.31. The number of alkyl halides is 1. The fraction of sp³-hybridized carbons (Fsp3) is 1.00. The van der Waals surface area contributed by atoms with Crippen LogP contribution in [0.4, 0.5) is 4.39 Å². The van der Waals surface area contributed by atoms with Gasteiger partial charge in [-0.2, -0.15) is 0 Å². The molecular formula is C10H18FNO2S. The minimum atomic E-state index is -3.07. The van der Waals surface area contributed by atoms with Crippen LogP contribution < -0.4 is 5.32 Å². The van der Waals surface area contributed by atoms with E-state index in [-0.39, 0.29) is 11.7 Å². The molecule has 0 amide bonds. The molecule has 2 rings (SSSR count). The Morgan fingerprint density at radius 2 is 2.13 bits per heavy atom. The third kappa shape index (κ3) is 1.69. The Bertz CT molecular complexity index is 320. The summed E-state index contributed by atoms with van der Waals surface area (Å²) in [4.78, 5) is 0. The van der Waals surface area contributed by atoms with Gasteiger partial charge in [-0.1, -0.05) is 0 Å². The summed E-state index contributed by atoms with van der Waals surface area (Å²) in [6, 6.07) is 0. The third-order valence-electron chi connectivity index (χ3n) is 3.96. The molecule has 15 heavy (non-hydrogen) atoms. The first-order valence-electron chi connectivity index (χ1n) is 5.61. The van der Waals surface area contributed by atoms with Crippen molar-refractivity contribution in [2.75, 3.05) is 25.5 Å². The Labute approximate surface area is 90.4 Å². The second-order valence-electron chi connectivity index (χ2n) is 4.63. The molecule has 2 heterocycles. The number of nitrogens with one attached hydrogen (secondary N) is 1. The molecule has 0 bridgehead atoms. The zero-order chi connectivity index (χ0) is 10.9. The van der Waals surface area contributed by atoms with E-state index in [1.165, 1.54) is 0 Å². The lowest BCUT2D eigenvalue weighted by atomic mass is 9.85. The first-order valence-corrected chi connectivity index (χ1v) is 7.27. The van der Waals surface area contributed by atoms with Gasteiger partial charge in [0.25, 0.3) is 0 Å². The van der Waals surface area contributed by atoms with Crippen LogP contribution in [-0.4, -0.2) is 38.7 Å². The van der Waals surface area contributed by atoms with E-state index in [1.54, 1.807) is 0 Å². The van der Waals surface area contributed by atoms with Crippen molar-refractivity contribution in [2.45, 2.75) is 30.4 Å². The topological polar surface area (TPSA) is 46.2 Å². The molecule has 0 radical (unpaired) electrons. The molecule has 0 aromatic carbocycles. The van der Waals surface area contributed by atoms with E-state index in [0.29, 0.717) is 25.8 Å². The highest BCUT2D eigenvalue weighted by Gasteiger charge is 2.53. The van der Waals surface area contributed by atoms with Gasteiger partial charge in [0.2, 0.25) is 0 Å². The second-order valence-corrected chi connectivity index (χ2v) is 7.08. The maximum absolute atomic E-state index is 12.9. The predicted molar refractivity (Wildman–Crippen MR) is 57.3 cm³/mol. The lowest BCUT2D eigenvalue weighted by molar-refractivity contribution is 0.272. The zero-order valence-corrected chi connectivity index (χ0v) is 9.65. The largest absolute Gasteiger partial charge is 0.317 e. The van der Waals surface area contributed by atoms with Gasteiger partial charge in [-0.3, -0.25) is 4.39 Å². The van der Waals surface area contributed by atoms with Gasteiger partial charge in [-0.25, -0.2) is 8.42 Å². The minimum absolute atomic E-state index is 0.182. The summed E-state index contributed by atoms with van der Waals surface area (Å²) >= 11 is 0. The van der Waals surface area contributed by atoms with Crippen molar-refractivity contribution in [2.24, 2.45) is 5.92 Å². The average Bonchev–Trinajstić information content (AvgIpc) is 2.42. The van der Waals surface area contributed by atoms with E-state index < -0.39 is 21.3 Å². The van der Waals surface area contributed by atoms with Crippen LogP contribution in [0, 0.1) is 5.92 Å². The Morgan fingerprint density at radius 1 is 1.33 bits per heavy atom. The van der Waals surface area contributed by atoms with E-state index >= 15 is 0 Å². The maximum Gasteiger partial charge on any atom is 0.156 e. The van der Waals surface area contributed by atoms with E-state index in [9.17, 15) is 12.8 Å². The van der Waals surface area contributed by atoms with Crippen molar-refractivity contribution in [3.63, 3.8) is 0 Å². The summed E-state index contributed by atoms with van der Waals surface area (Å²) in [5.41, 5.74) is 0. The molecule has 0 aromatic rings. The molecule has 2 saturated heterocycles. The maximum atomic E-state index is 12.9. The van der Waals surface area contributed by atoms with Gasteiger partial charge < -0.3 is 5.32 Å². The van der Waals surface area contributed by atoms with Crippen molar-refractivity contribution in [3.8, 4) is 0 Å². The van der Waals surface area contributed by atoms with Crippen LogP contribution in [0.2, 0.25) is 0 Å². The van der Waals surface area contributed by atoms with E-state index in [2.05, 4.69) is 5.32 Å². The Morgan fingerprint density at radius 3 is 2.87 bits per heavy atom. The molecule has 0 saturated carbocycles. The van der Waals surface area contributed by atoms with Gasteiger partial charge in [0.15, 0.2) is 9.84 Å². The number of hydrogen-bond donors (Lipinski definition) is 1. The summed E-state index contributed by atoms with van der Waals surface area (Å²) in [6.07, 6.45) is 2.58. The molecule has 2 atom stereocenters. The molecule has 0 aliphatic carbocycles. The molecule has 2 fully saturated rings. The Hall–Kier alpha value is -0.160. The van der Waals surface area contributed by atoms with Crippen molar-refractivity contribution in [1.29, 1.82) is 0 Å². The zero-order valence-electron chi connectivity index (χ0n) is 8.84. The van der Waals surface area contributed by atoms with Gasteiger partial charge in [0.1, 0.15) is 0 Å². The van der Waals surface area contributed by atoms with Crippen LogP contribution in [-0.2, 0) is 9.84 Å². The molecule has 2 aliphatic rings. The Kier molecular flexibility index (Phi) is 3.03. The molecule has 2 aliphatic heterocycles. The molecule has 0 unspecified atom stereocenters. The highest BCUT2D eigenvalue weighted by molar-refractivity contribution is 7.93. The van der Waals surface area contributed by atoms with Crippen molar-refractivity contribution < 1.29 is 12.8 Å². The quantitative estimate of drug-likeness (QED) is 0.734. The predicted octanol–water partition coefficient (Wildman–Crippen LogP) is 0.903. The lowest BCUT2D eigenvalue weighted by Crippen LogP contribution is -2.42. The second kappa shape index (κ2) is 4.01. The fourth-order valence-corrected chi connectivity index (χ4v) is 5.58. The Balaban J connectivity index is 2.34. The smallest absolute Gasteiger partial charge is 0.156 e. The highest BCUT2D eigenvalue weighted by Crippen LogP contribution is 2.44. The normalized spacial score (nSPS) is 40.5. The molecule has 3 nitrogen and oxygen atoms in total. The third-order valence-corrected chi connectivity index (χ3v) is 6.72. The van der Waals surface area contributed by atoms with E-state index in [1.807, 2.05) is 0 Å². The number of rotatable bonds is 1. The summed E-state index contributed by atoms with van der Waals surface area (Å²) in [7, 11) is -3.07. The van der Waals surface area contributed by atoms with Crippen LogP contribution >= 0.6 is 0 Å². The molecule has 0 aromatic heterocycles. The SMILES string of the molecule is O=S1(=O)CC[C@@H](CF)[C@@]12CCCNCC2. The van der Waals surface area contributed by atoms with Crippen molar-refractivity contribution in [3.05, 3.63) is 0 Å². The summed E-state index contributed by atoms with van der Waals surface area (Å²) in [6.45, 7) is 1.07. The van der Waals surface area contributed by atoms with E-state index in [4.69, 9.17) is 0 Å². The first-order chi connectivity index (χ1) is 7.12. The summed E-state index contributed by atoms with van der Waals surface area (Å²) in [5.74, 6) is -0.0795. The minimum Gasteiger partial charge on any atom is -0.317 e. The van der Waals surface area contributed by atoms with Crippen molar-refractivity contribution >= 4 is 9.84 Å². The first kappa shape index (κ1) is 11.3. The molecule has 5 heteroatoms. The molecule has 1 N–H and O–H groups in total. The summed E-state index contributed by atoms with van der Waals surface area (Å²) < 4.78 is 36.3. The highest BCUT2D eigenvalue weighted by atomic mass is 32.2. The fourth-order valence-electron chi connectivity index (χ4n) is 3.02. The van der Waals surface area contributed by atoms with Gasteiger partial charge >= 0.3 is 0 Å². The van der Waals surface area contributed by atoms with Gasteiger partial charge in [-0.15, -0.1) is 0 Å². The van der Waals surface area contributed by atoms with Crippen LogP contribution in [0.3, 0.4) is 0 Å². The monoisotopic (exact) mass is 235 g/mol. The van der Waals surface area contributed by atoms with Crippen LogP contribution in [0.1, 0.15) is 25.7 Å². The number of hydrogen-bond acceptors (Lipinski definition) is 3.